The zero-order valence-electron chi connectivity index (χ0n) is 18.6. The van der Waals surface area contributed by atoms with Crippen LogP contribution in [-0.2, 0) is 11.3 Å². The van der Waals surface area contributed by atoms with E-state index in [-0.39, 0.29) is 12.7 Å². The Morgan fingerprint density at radius 2 is 2.00 bits per heavy atom. The molecule has 3 heterocycles. The highest BCUT2D eigenvalue weighted by molar-refractivity contribution is 14.1. The highest BCUT2D eigenvalue weighted by Crippen LogP contribution is 2.41. The number of carbonyl (C=O) groups is 1. The number of imidazole rings is 1. The minimum atomic E-state index is -0.328. The Labute approximate surface area is 215 Å². The summed E-state index contributed by atoms with van der Waals surface area (Å²) in [4.78, 5) is 21.0. The number of pyridine rings is 1. The monoisotopic (exact) mass is 598 g/mol. The normalized spacial score (nSPS) is 12.4. The third kappa shape index (κ3) is 6.03. The molecular formula is C22H27IN6O4S. The van der Waals surface area contributed by atoms with Gasteiger partial charge in [0.1, 0.15) is 5.52 Å². The molecule has 0 aliphatic carbocycles. The molecule has 34 heavy (non-hydrogen) atoms. The fraction of sp³-hybridized carbons (Fsp3) is 0.409. The van der Waals surface area contributed by atoms with E-state index in [1.54, 1.807) is 23.4 Å². The van der Waals surface area contributed by atoms with Gasteiger partial charge in [-0.25, -0.2) is 15.4 Å². The molecule has 5 N–H and O–H groups in total. The second-order valence-corrected chi connectivity index (χ2v) is 9.97. The topological polar surface area (TPSA) is 137 Å². The van der Waals surface area contributed by atoms with E-state index in [1.165, 1.54) is 0 Å². The van der Waals surface area contributed by atoms with E-state index in [0.29, 0.717) is 17.8 Å². The van der Waals surface area contributed by atoms with E-state index in [0.717, 1.165) is 76.0 Å². The molecule has 1 aliphatic rings. The van der Waals surface area contributed by atoms with Crippen LogP contribution in [0.2, 0.25) is 0 Å². The summed E-state index contributed by atoms with van der Waals surface area (Å²) in [5.41, 5.74) is 9.43. The van der Waals surface area contributed by atoms with Gasteiger partial charge >= 0.3 is 0 Å². The van der Waals surface area contributed by atoms with E-state index in [9.17, 15) is 4.79 Å². The van der Waals surface area contributed by atoms with Gasteiger partial charge in [0, 0.05) is 34.2 Å². The summed E-state index contributed by atoms with van der Waals surface area (Å²) >= 11 is 3.87. The van der Waals surface area contributed by atoms with Gasteiger partial charge in [-0.15, -0.1) is 0 Å². The lowest BCUT2D eigenvalue weighted by molar-refractivity contribution is -0.129. The summed E-state index contributed by atoms with van der Waals surface area (Å²) in [5.74, 6) is 1.59. The Balaban J connectivity index is 1.37. The Morgan fingerprint density at radius 1 is 1.21 bits per heavy atom. The number of anilines is 1. The minimum Gasteiger partial charge on any atom is -0.454 e. The molecule has 0 radical (unpaired) electrons. The average Bonchev–Trinajstić information content (AvgIpc) is 3.42. The molecule has 0 bridgehead atoms. The predicted molar refractivity (Wildman–Crippen MR) is 137 cm³/mol. The van der Waals surface area contributed by atoms with Crippen molar-refractivity contribution in [2.24, 2.45) is 0 Å². The molecule has 0 saturated heterocycles. The number of rotatable bonds is 12. The molecule has 0 unspecified atom stereocenters. The van der Waals surface area contributed by atoms with Gasteiger partial charge in [0.25, 0.3) is 0 Å². The maximum Gasteiger partial charge on any atom is 0.243 e. The average molecular weight is 598 g/mol. The van der Waals surface area contributed by atoms with Crippen molar-refractivity contribution in [1.29, 1.82) is 0 Å². The number of nitrogens with one attached hydrogen (secondary N) is 2. The third-order valence-electron chi connectivity index (χ3n) is 5.43. The second-order valence-electron chi connectivity index (χ2n) is 7.80. The van der Waals surface area contributed by atoms with Crippen molar-refractivity contribution in [3.8, 4) is 11.5 Å². The first kappa shape index (κ1) is 24.8. The number of fused-ring (bicyclic) bond motifs is 2. The first-order valence-electron chi connectivity index (χ1n) is 11.1. The standard InChI is InChI=1S/C22H27IN6O4S/c23-14-11-16-17(33-13-32-16)12-18(14)34-22-27-20-15(6-8-26-21(20)24)29(22)10-9-25-7-4-2-1-3-5-19(30)28-31/h6,8,11-12,25,31H,1-5,7,9-10,13H2,(H2,24,26)(H,28,30). The number of benzene rings is 1. The van der Waals surface area contributed by atoms with Crippen molar-refractivity contribution < 1.29 is 19.5 Å². The Hall–Kier alpha value is -2.29. The van der Waals surface area contributed by atoms with Crippen molar-refractivity contribution in [1.82, 2.24) is 25.3 Å². The SMILES string of the molecule is Nc1nccc2c1nc(Sc1cc3c(cc1I)OCO3)n2CCNCCCCCCC(=O)NO. The molecule has 0 spiro atoms. The van der Waals surface area contributed by atoms with Crippen molar-refractivity contribution in [3.63, 3.8) is 0 Å². The van der Waals surface area contributed by atoms with Gasteiger partial charge in [0.15, 0.2) is 22.5 Å². The molecule has 0 fully saturated rings. The first-order valence-corrected chi connectivity index (χ1v) is 13.0. The smallest absolute Gasteiger partial charge is 0.243 e. The lowest BCUT2D eigenvalue weighted by atomic mass is 10.1. The van der Waals surface area contributed by atoms with Gasteiger partial charge in [0.2, 0.25) is 12.7 Å². The number of unbranched alkanes of at least 4 members (excludes halogenated alkanes) is 3. The molecule has 2 aromatic heterocycles. The molecular weight excluding hydrogens is 571 g/mol. The van der Waals surface area contributed by atoms with Crippen LogP contribution < -0.4 is 26.0 Å². The number of hydrogen-bond acceptors (Lipinski definition) is 9. The lowest BCUT2D eigenvalue weighted by Crippen LogP contribution is -2.21. The van der Waals surface area contributed by atoms with Crippen LogP contribution in [0.25, 0.3) is 11.0 Å². The van der Waals surface area contributed by atoms with Crippen LogP contribution in [0.5, 0.6) is 11.5 Å². The quantitative estimate of drug-likeness (QED) is 0.107. The van der Waals surface area contributed by atoms with Gasteiger partial charge in [-0.05, 0) is 60.2 Å². The Kier molecular flexibility index (Phi) is 8.69. The van der Waals surface area contributed by atoms with Crippen molar-refractivity contribution in [3.05, 3.63) is 28.0 Å². The largest absolute Gasteiger partial charge is 0.454 e. The highest BCUT2D eigenvalue weighted by Gasteiger charge is 2.20. The molecule has 12 heteroatoms. The zero-order chi connectivity index (χ0) is 23.9. The highest BCUT2D eigenvalue weighted by atomic mass is 127. The summed E-state index contributed by atoms with van der Waals surface area (Å²) < 4.78 is 14.3. The molecule has 4 rings (SSSR count). The number of nitrogens with two attached hydrogens (primary N) is 1. The number of nitrogen functional groups attached to an aromatic ring is 1. The number of hydrogen-bond donors (Lipinski definition) is 4. The first-order chi connectivity index (χ1) is 16.6. The van der Waals surface area contributed by atoms with Gasteiger partial charge in [-0.2, -0.15) is 0 Å². The lowest BCUT2D eigenvalue weighted by Gasteiger charge is -2.11. The Morgan fingerprint density at radius 3 is 2.82 bits per heavy atom. The Bertz CT molecular complexity index is 1160. The van der Waals surface area contributed by atoms with Crippen LogP contribution in [0.4, 0.5) is 5.82 Å². The maximum absolute atomic E-state index is 11.0. The number of carbonyl (C=O) groups excluding carboxylic acids is 1. The van der Waals surface area contributed by atoms with Crippen molar-refractivity contribution in [2.45, 2.75) is 48.7 Å². The minimum absolute atomic E-state index is 0.240. The number of ether oxygens (including phenoxy) is 2. The maximum atomic E-state index is 11.0. The fourth-order valence-corrected chi connectivity index (χ4v) is 5.41. The molecule has 1 amide bonds. The molecule has 0 saturated carbocycles. The predicted octanol–water partition coefficient (Wildman–Crippen LogP) is 3.54. The van der Waals surface area contributed by atoms with Crippen molar-refractivity contribution >= 4 is 57.1 Å². The van der Waals surface area contributed by atoms with E-state index >= 15 is 0 Å². The van der Waals surface area contributed by atoms with Crippen LogP contribution in [0.3, 0.4) is 0 Å². The van der Waals surface area contributed by atoms with E-state index in [1.807, 2.05) is 18.2 Å². The summed E-state index contributed by atoms with van der Waals surface area (Å²) in [5, 5.41) is 12.8. The summed E-state index contributed by atoms with van der Waals surface area (Å²) in [6.07, 6.45) is 5.87. The number of aromatic nitrogens is 3. The van der Waals surface area contributed by atoms with Crippen LogP contribution in [-0.4, -0.2) is 45.5 Å². The molecule has 10 nitrogen and oxygen atoms in total. The van der Waals surface area contributed by atoms with Crippen molar-refractivity contribution in [2.75, 3.05) is 25.6 Å². The molecule has 3 aromatic rings. The number of hydroxylamine groups is 1. The second kappa shape index (κ2) is 11.9. The van der Waals surface area contributed by atoms with E-state index < -0.39 is 0 Å². The van der Waals surface area contributed by atoms with Crippen LogP contribution in [0, 0.1) is 3.57 Å². The molecule has 0 atom stereocenters. The number of amides is 1. The zero-order valence-corrected chi connectivity index (χ0v) is 21.5. The number of halogens is 1. The molecule has 1 aromatic carbocycles. The summed E-state index contributed by atoms with van der Waals surface area (Å²) in [6.45, 7) is 2.65. The molecule has 1 aliphatic heterocycles. The number of nitrogens with zero attached hydrogens (tertiary/aromatic N) is 3. The van der Waals surface area contributed by atoms with Gasteiger partial charge < -0.3 is 25.1 Å². The van der Waals surface area contributed by atoms with Crippen LogP contribution in [0.15, 0.2) is 34.4 Å². The fourth-order valence-electron chi connectivity index (χ4n) is 3.68. The van der Waals surface area contributed by atoms with Crippen LogP contribution in [0.1, 0.15) is 32.1 Å². The summed E-state index contributed by atoms with van der Waals surface area (Å²) in [6, 6.07) is 5.91. The van der Waals surface area contributed by atoms with E-state index in [4.69, 9.17) is 25.4 Å². The van der Waals surface area contributed by atoms with Gasteiger partial charge in [0.05, 0.1) is 5.52 Å². The van der Waals surface area contributed by atoms with E-state index in [2.05, 4.69) is 37.5 Å². The molecule has 182 valence electrons. The van der Waals surface area contributed by atoms with Gasteiger partial charge in [-0.3, -0.25) is 10.0 Å². The summed E-state index contributed by atoms with van der Waals surface area (Å²) in [7, 11) is 0. The third-order valence-corrected chi connectivity index (χ3v) is 7.74. The van der Waals surface area contributed by atoms with Gasteiger partial charge in [-0.1, -0.05) is 24.6 Å². The van der Waals surface area contributed by atoms with Crippen LogP contribution >= 0.6 is 34.4 Å².